The molecular weight excluding hydrogens is 256 g/mol. The molecule has 88 valence electrons. The van der Waals surface area contributed by atoms with Gasteiger partial charge >= 0.3 is 0 Å². The van der Waals surface area contributed by atoms with Gasteiger partial charge in [0.15, 0.2) is 0 Å². The van der Waals surface area contributed by atoms with E-state index in [1.165, 1.54) is 4.88 Å². The van der Waals surface area contributed by atoms with Gasteiger partial charge in [-0.3, -0.25) is 0 Å². The zero-order valence-electron chi connectivity index (χ0n) is 9.15. The molecule has 2 nitrogen and oxygen atoms in total. The van der Waals surface area contributed by atoms with Crippen molar-refractivity contribution in [2.75, 3.05) is 31.9 Å². The van der Waals surface area contributed by atoms with Crippen LogP contribution in [0.25, 0.3) is 0 Å². The van der Waals surface area contributed by atoms with Gasteiger partial charge in [0, 0.05) is 36.8 Å². The lowest BCUT2D eigenvalue weighted by molar-refractivity contribution is 0.368. The minimum Gasteiger partial charge on any atom is -0.355 e. The predicted molar refractivity (Wildman–Crippen MR) is 77.5 cm³/mol. The van der Waals surface area contributed by atoms with E-state index in [4.69, 9.17) is 12.2 Å². The molecule has 0 amide bonds. The van der Waals surface area contributed by atoms with Crippen molar-refractivity contribution in [1.82, 2.24) is 10.2 Å². The van der Waals surface area contributed by atoms with Gasteiger partial charge < -0.3 is 10.2 Å². The van der Waals surface area contributed by atoms with E-state index in [2.05, 4.69) is 27.7 Å². The summed E-state index contributed by atoms with van der Waals surface area (Å²) in [7, 11) is 0. The molecule has 0 aromatic carbocycles. The molecule has 2 heterocycles. The van der Waals surface area contributed by atoms with Crippen LogP contribution in [0.3, 0.4) is 0 Å². The fraction of sp³-hybridized carbons (Fsp3) is 0.545. The SMILES string of the molecule is S=C(SCCc1cccs1)N1CCNCC1. The summed E-state index contributed by atoms with van der Waals surface area (Å²) in [5.74, 6) is 1.10. The fourth-order valence-corrected chi connectivity index (χ4v) is 3.76. The number of hydrogen-bond acceptors (Lipinski definition) is 4. The van der Waals surface area contributed by atoms with E-state index in [-0.39, 0.29) is 0 Å². The van der Waals surface area contributed by atoms with Crippen LogP contribution < -0.4 is 5.32 Å². The average molecular weight is 272 g/mol. The molecule has 1 aromatic heterocycles. The first kappa shape index (κ1) is 12.4. The third kappa shape index (κ3) is 3.73. The highest BCUT2D eigenvalue weighted by atomic mass is 32.2. The van der Waals surface area contributed by atoms with Crippen LogP contribution in [0.2, 0.25) is 0 Å². The molecular formula is C11H16N2S3. The maximum Gasteiger partial charge on any atom is 0.136 e. The second-order valence-corrected chi connectivity index (χ2v) is 6.44. The lowest BCUT2D eigenvalue weighted by atomic mass is 10.4. The van der Waals surface area contributed by atoms with E-state index in [0.29, 0.717) is 0 Å². The second kappa shape index (κ2) is 6.59. The molecule has 0 atom stereocenters. The van der Waals surface area contributed by atoms with Crippen LogP contribution in [0.4, 0.5) is 0 Å². The normalized spacial score (nSPS) is 16.4. The van der Waals surface area contributed by atoms with Crippen LogP contribution in [0, 0.1) is 0 Å². The molecule has 0 unspecified atom stereocenters. The van der Waals surface area contributed by atoms with Gasteiger partial charge in [0.2, 0.25) is 0 Å². The third-order valence-electron chi connectivity index (χ3n) is 2.53. The molecule has 1 aliphatic rings. The molecule has 1 N–H and O–H groups in total. The zero-order chi connectivity index (χ0) is 11.2. The highest BCUT2D eigenvalue weighted by Crippen LogP contribution is 2.15. The molecule has 1 saturated heterocycles. The van der Waals surface area contributed by atoms with Crippen LogP contribution in [-0.4, -0.2) is 41.2 Å². The highest BCUT2D eigenvalue weighted by molar-refractivity contribution is 8.22. The van der Waals surface area contributed by atoms with Gasteiger partial charge in [-0.2, -0.15) is 0 Å². The quantitative estimate of drug-likeness (QED) is 0.848. The Morgan fingerprint density at radius 1 is 1.50 bits per heavy atom. The summed E-state index contributed by atoms with van der Waals surface area (Å²) in [6, 6.07) is 4.30. The van der Waals surface area contributed by atoms with Crippen LogP contribution in [0.5, 0.6) is 0 Å². The van der Waals surface area contributed by atoms with E-state index in [1.807, 2.05) is 23.1 Å². The maximum absolute atomic E-state index is 5.43. The van der Waals surface area contributed by atoms with Crippen molar-refractivity contribution >= 4 is 39.6 Å². The first-order valence-electron chi connectivity index (χ1n) is 5.51. The summed E-state index contributed by atoms with van der Waals surface area (Å²) in [6.45, 7) is 4.24. The average Bonchev–Trinajstić information content (AvgIpc) is 2.83. The molecule has 16 heavy (non-hydrogen) atoms. The summed E-state index contributed by atoms with van der Waals surface area (Å²) < 4.78 is 1.07. The maximum atomic E-state index is 5.43. The number of piperazine rings is 1. The Morgan fingerprint density at radius 2 is 2.31 bits per heavy atom. The first-order valence-corrected chi connectivity index (χ1v) is 7.78. The van der Waals surface area contributed by atoms with Gasteiger partial charge in [-0.1, -0.05) is 30.0 Å². The third-order valence-corrected chi connectivity index (χ3v) is 4.99. The minimum absolute atomic E-state index is 1.06. The Kier molecular flexibility index (Phi) is 5.09. The van der Waals surface area contributed by atoms with Crippen molar-refractivity contribution in [3.8, 4) is 0 Å². The first-order chi connectivity index (χ1) is 7.86. The molecule has 1 aromatic rings. The fourth-order valence-electron chi connectivity index (χ4n) is 1.63. The van der Waals surface area contributed by atoms with Crippen molar-refractivity contribution in [3.63, 3.8) is 0 Å². The van der Waals surface area contributed by atoms with E-state index < -0.39 is 0 Å². The standard InChI is InChI=1S/C11H16N2S3/c14-11(13-6-4-12-5-7-13)16-9-3-10-2-1-8-15-10/h1-2,8,12H,3-7,9H2. The Morgan fingerprint density at radius 3 is 3.00 bits per heavy atom. The van der Waals surface area contributed by atoms with Crippen molar-refractivity contribution < 1.29 is 0 Å². The van der Waals surface area contributed by atoms with E-state index in [1.54, 1.807) is 0 Å². The molecule has 1 fully saturated rings. The van der Waals surface area contributed by atoms with Gasteiger partial charge in [-0.05, 0) is 17.9 Å². The van der Waals surface area contributed by atoms with Gasteiger partial charge in [0.25, 0.3) is 0 Å². The van der Waals surface area contributed by atoms with Gasteiger partial charge in [0.1, 0.15) is 4.32 Å². The van der Waals surface area contributed by atoms with E-state index in [0.717, 1.165) is 42.7 Å². The number of thioether (sulfide) groups is 1. The Labute approximate surface area is 110 Å². The minimum atomic E-state index is 1.06. The smallest absolute Gasteiger partial charge is 0.136 e. The van der Waals surface area contributed by atoms with Crippen molar-refractivity contribution in [2.45, 2.75) is 6.42 Å². The number of nitrogens with zero attached hydrogens (tertiary/aromatic N) is 1. The largest absolute Gasteiger partial charge is 0.355 e. The summed E-state index contributed by atoms with van der Waals surface area (Å²) in [4.78, 5) is 3.76. The molecule has 0 radical (unpaired) electrons. The summed E-state index contributed by atoms with van der Waals surface area (Å²) >= 11 is 9.08. The number of nitrogens with one attached hydrogen (secondary N) is 1. The number of hydrogen-bond donors (Lipinski definition) is 1. The van der Waals surface area contributed by atoms with Crippen molar-refractivity contribution in [1.29, 1.82) is 0 Å². The highest BCUT2D eigenvalue weighted by Gasteiger charge is 2.12. The Hall–Kier alpha value is -0.100. The zero-order valence-corrected chi connectivity index (χ0v) is 11.6. The van der Waals surface area contributed by atoms with Crippen molar-refractivity contribution in [3.05, 3.63) is 22.4 Å². The lowest BCUT2D eigenvalue weighted by Crippen LogP contribution is -2.45. The molecule has 0 spiro atoms. The Balaban J connectivity index is 1.67. The van der Waals surface area contributed by atoms with Crippen LogP contribution in [-0.2, 0) is 6.42 Å². The molecule has 0 bridgehead atoms. The van der Waals surface area contributed by atoms with Gasteiger partial charge in [-0.25, -0.2) is 0 Å². The van der Waals surface area contributed by atoms with Gasteiger partial charge in [0.05, 0.1) is 0 Å². The summed E-state index contributed by atoms with van der Waals surface area (Å²) in [6.07, 6.45) is 1.13. The number of rotatable bonds is 3. The molecule has 0 saturated carbocycles. The summed E-state index contributed by atoms with van der Waals surface area (Å²) in [5.41, 5.74) is 0. The molecule has 2 rings (SSSR count). The van der Waals surface area contributed by atoms with Crippen molar-refractivity contribution in [2.24, 2.45) is 0 Å². The van der Waals surface area contributed by atoms with E-state index >= 15 is 0 Å². The molecule has 0 aliphatic carbocycles. The van der Waals surface area contributed by atoms with Crippen LogP contribution >= 0.6 is 35.3 Å². The monoisotopic (exact) mass is 272 g/mol. The molecule has 1 aliphatic heterocycles. The Bertz CT molecular complexity index is 318. The number of thiocarbonyl (C=S) groups is 1. The van der Waals surface area contributed by atoms with Crippen LogP contribution in [0.15, 0.2) is 17.5 Å². The number of aryl methyl sites for hydroxylation is 1. The molecule has 5 heteroatoms. The lowest BCUT2D eigenvalue weighted by Gasteiger charge is -2.29. The van der Waals surface area contributed by atoms with Crippen LogP contribution in [0.1, 0.15) is 4.88 Å². The second-order valence-electron chi connectivity index (χ2n) is 3.68. The summed E-state index contributed by atoms with van der Waals surface area (Å²) in [5, 5.41) is 5.47. The predicted octanol–water partition coefficient (Wildman–Crippen LogP) is 2.21. The number of thiophene rings is 1. The van der Waals surface area contributed by atoms with E-state index in [9.17, 15) is 0 Å². The topological polar surface area (TPSA) is 15.3 Å². The van der Waals surface area contributed by atoms with Gasteiger partial charge in [-0.15, -0.1) is 11.3 Å².